The number of nitrogens with one attached hydrogen (secondary N) is 1. The monoisotopic (exact) mass is 231 g/mol. The molecule has 5 nitrogen and oxygen atoms in total. The van der Waals surface area contributed by atoms with E-state index in [4.69, 9.17) is 4.74 Å². The van der Waals surface area contributed by atoms with Gasteiger partial charge in [-0.25, -0.2) is 4.98 Å². The molecule has 0 spiro atoms. The Kier molecular flexibility index (Phi) is 4.93. The molecule has 0 saturated carbocycles. The SMILES string of the molecule is COCC(O)CNc1nc(C(C)C)ns1. The van der Waals surface area contributed by atoms with Gasteiger partial charge in [0.05, 0.1) is 12.7 Å². The maximum Gasteiger partial charge on any atom is 0.202 e. The van der Waals surface area contributed by atoms with E-state index in [1.165, 1.54) is 11.5 Å². The molecule has 86 valence electrons. The van der Waals surface area contributed by atoms with Crippen molar-refractivity contribution in [3.05, 3.63) is 5.82 Å². The Morgan fingerprint density at radius 2 is 2.27 bits per heavy atom. The van der Waals surface area contributed by atoms with Crippen molar-refractivity contribution in [1.29, 1.82) is 0 Å². The number of methoxy groups -OCH3 is 1. The van der Waals surface area contributed by atoms with Crippen LogP contribution in [0.2, 0.25) is 0 Å². The van der Waals surface area contributed by atoms with Crippen LogP contribution in [0.15, 0.2) is 0 Å². The molecule has 1 aromatic heterocycles. The van der Waals surface area contributed by atoms with Gasteiger partial charge in [-0.3, -0.25) is 0 Å². The Bertz CT molecular complexity index is 291. The number of aliphatic hydroxyl groups is 1. The molecule has 1 heterocycles. The molecular weight excluding hydrogens is 214 g/mol. The number of anilines is 1. The number of hydrogen-bond donors (Lipinski definition) is 2. The van der Waals surface area contributed by atoms with Gasteiger partial charge in [0.15, 0.2) is 0 Å². The minimum Gasteiger partial charge on any atom is -0.389 e. The van der Waals surface area contributed by atoms with Gasteiger partial charge in [-0.05, 0) is 0 Å². The minimum absolute atomic E-state index is 0.322. The Hall–Kier alpha value is -0.720. The maximum atomic E-state index is 9.40. The van der Waals surface area contributed by atoms with Gasteiger partial charge in [-0.15, -0.1) is 0 Å². The fourth-order valence-corrected chi connectivity index (χ4v) is 1.71. The smallest absolute Gasteiger partial charge is 0.202 e. The van der Waals surface area contributed by atoms with Gasteiger partial charge < -0.3 is 15.2 Å². The normalized spacial score (nSPS) is 13.1. The van der Waals surface area contributed by atoms with Crippen molar-refractivity contribution in [2.24, 2.45) is 0 Å². The van der Waals surface area contributed by atoms with Crippen molar-refractivity contribution in [1.82, 2.24) is 9.36 Å². The Morgan fingerprint density at radius 3 is 2.80 bits per heavy atom. The van der Waals surface area contributed by atoms with Crippen molar-refractivity contribution in [2.75, 3.05) is 25.6 Å². The number of aromatic nitrogens is 2. The zero-order valence-electron chi connectivity index (χ0n) is 9.23. The molecule has 1 atom stereocenters. The van der Waals surface area contributed by atoms with Crippen LogP contribution in [0, 0.1) is 0 Å². The molecule has 0 radical (unpaired) electrons. The van der Waals surface area contributed by atoms with E-state index >= 15 is 0 Å². The first-order valence-electron chi connectivity index (χ1n) is 4.88. The van der Waals surface area contributed by atoms with Crippen LogP contribution >= 0.6 is 11.5 Å². The standard InChI is InChI=1S/C9H17N3O2S/c1-6(2)8-11-9(15-12-8)10-4-7(13)5-14-3/h6-7,13H,4-5H2,1-3H3,(H,10,11,12). The summed E-state index contributed by atoms with van der Waals surface area (Å²) in [4.78, 5) is 4.29. The zero-order chi connectivity index (χ0) is 11.3. The third kappa shape index (κ3) is 4.11. The molecule has 6 heteroatoms. The lowest BCUT2D eigenvalue weighted by Crippen LogP contribution is -2.24. The molecule has 0 aliphatic heterocycles. The van der Waals surface area contributed by atoms with E-state index in [-0.39, 0.29) is 0 Å². The van der Waals surface area contributed by atoms with Gasteiger partial charge in [0, 0.05) is 31.1 Å². The second-order valence-electron chi connectivity index (χ2n) is 3.60. The van der Waals surface area contributed by atoms with Crippen molar-refractivity contribution >= 4 is 16.7 Å². The van der Waals surface area contributed by atoms with Gasteiger partial charge in [-0.1, -0.05) is 13.8 Å². The number of aliphatic hydroxyl groups excluding tert-OH is 1. The first kappa shape index (κ1) is 12.4. The van der Waals surface area contributed by atoms with Gasteiger partial charge in [0.1, 0.15) is 5.82 Å². The first-order chi connectivity index (χ1) is 7.13. The van der Waals surface area contributed by atoms with E-state index in [2.05, 4.69) is 14.7 Å². The highest BCUT2D eigenvalue weighted by molar-refractivity contribution is 7.09. The minimum atomic E-state index is -0.513. The van der Waals surface area contributed by atoms with Gasteiger partial charge >= 0.3 is 0 Å². The molecule has 1 rings (SSSR count). The van der Waals surface area contributed by atoms with E-state index < -0.39 is 6.10 Å². The molecule has 2 N–H and O–H groups in total. The summed E-state index contributed by atoms with van der Waals surface area (Å²) in [6.07, 6.45) is -0.513. The number of hydrogen-bond acceptors (Lipinski definition) is 6. The predicted molar refractivity (Wildman–Crippen MR) is 60.4 cm³/mol. The lowest BCUT2D eigenvalue weighted by molar-refractivity contribution is 0.0727. The third-order valence-electron chi connectivity index (χ3n) is 1.81. The lowest BCUT2D eigenvalue weighted by Gasteiger charge is -2.08. The van der Waals surface area contributed by atoms with Crippen LogP contribution < -0.4 is 5.32 Å². The maximum absolute atomic E-state index is 9.40. The van der Waals surface area contributed by atoms with Crippen molar-refractivity contribution in [2.45, 2.75) is 25.9 Å². The van der Waals surface area contributed by atoms with E-state index in [0.717, 1.165) is 11.0 Å². The average molecular weight is 231 g/mol. The van der Waals surface area contributed by atoms with E-state index in [0.29, 0.717) is 19.1 Å². The lowest BCUT2D eigenvalue weighted by atomic mass is 10.2. The molecule has 0 aliphatic carbocycles. The van der Waals surface area contributed by atoms with Crippen molar-refractivity contribution < 1.29 is 9.84 Å². The summed E-state index contributed by atoms with van der Waals surface area (Å²) in [6.45, 7) is 4.85. The van der Waals surface area contributed by atoms with Crippen LogP contribution in [0.1, 0.15) is 25.6 Å². The molecule has 1 aromatic rings. The second kappa shape index (κ2) is 5.99. The molecule has 15 heavy (non-hydrogen) atoms. The third-order valence-corrected chi connectivity index (χ3v) is 2.49. The number of ether oxygens (including phenoxy) is 1. The van der Waals surface area contributed by atoms with Gasteiger partial charge in [0.25, 0.3) is 0 Å². The Morgan fingerprint density at radius 1 is 1.53 bits per heavy atom. The molecule has 0 aromatic carbocycles. The number of rotatable bonds is 6. The van der Waals surface area contributed by atoms with Gasteiger partial charge in [0.2, 0.25) is 5.13 Å². The molecule has 0 saturated heterocycles. The summed E-state index contributed by atoms with van der Waals surface area (Å²) in [5.41, 5.74) is 0. The fourth-order valence-electron chi connectivity index (χ4n) is 0.998. The van der Waals surface area contributed by atoms with E-state index in [9.17, 15) is 5.11 Å². The molecule has 0 bridgehead atoms. The molecule has 1 unspecified atom stereocenters. The van der Waals surface area contributed by atoms with Gasteiger partial charge in [-0.2, -0.15) is 4.37 Å². The van der Waals surface area contributed by atoms with Crippen LogP contribution in [0.4, 0.5) is 5.13 Å². The van der Waals surface area contributed by atoms with E-state index in [1.54, 1.807) is 7.11 Å². The largest absolute Gasteiger partial charge is 0.389 e. The van der Waals surface area contributed by atoms with Crippen molar-refractivity contribution in [3.8, 4) is 0 Å². The summed E-state index contributed by atoms with van der Waals surface area (Å²) in [6, 6.07) is 0. The molecule has 0 amide bonds. The molecule has 0 fully saturated rings. The highest BCUT2D eigenvalue weighted by atomic mass is 32.1. The van der Waals surface area contributed by atoms with Crippen LogP contribution in [0.3, 0.4) is 0 Å². The Balaban J connectivity index is 2.37. The topological polar surface area (TPSA) is 67.3 Å². The van der Waals surface area contributed by atoms with Crippen LogP contribution in [0.25, 0.3) is 0 Å². The predicted octanol–water partition coefficient (Wildman–Crippen LogP) is 1.08. The molecular formula is C9H17N3O2S. The summed E-state index contributed by atoms with van der Waals surface area (Å²) < 4.78 is 9.01. The first-order valence-corrected chi connectivity index (χ1v) is 5.65. The average Bonchev–Trinajstić information content (AvgIpc) is 2.63. The quantitative estimate of drug-likeness (QED) is 0.767. The highest BCUT2D eigenvalue weighted by Gasteiger charge is 2.08. The van der Waals surface area contributed by atoms with Crippen LogP contribution in [-0.2, 0) is 4.74 Å². The second-order valence-corrected chi connectivity index (χ2v) is 4.35. The number of nitrogens with zero attached hydrogens (tertiary/aromatic N) is 2. The summed E-state index contributed by atoms with van der Waals surface area (Å²) in [7, 11) is 1.56. The van der Waals surface area contributed by atoms with Crippen molar-refractivity contribution in [3.63, 3.8) is 0 Å². The van der Waals surface area contributed by atoms with E-state index in [1.807, 2.05) is 13.8 Å². The Labute approximate surface area is 93.7 Å². The summed E-state index contributed by atoms with van der Waals surface area (Å²) >= 11 is 1.31. The summed E-state index contributed by atoms with van der Waals surface area (Å²) in [5.74, 6) is 1.17. The molecule has 0 aliphatic rings. The van der Waals surface area contributed by atoms with Crippen LogP contribution in [-0.4, -0.2) is 40.8 Å². The fraction of sp³-hybridized carbons (Fsp3) is 0.778. The zero-order valence-corrected chi connectivity index (χ0v) is 10.0. The summed E-state index contributed by atoms with van der Waals surface area (Å²) in [5, 5.41) is 13.2. The van der Waals surface area contributed by atoms with Crippen LogP contribution in [0.5, 0.6) is 0 Å². The highest BCUT2D eigenvalue weighted by Crippen LogP contribution is 2.16.